The lowest BCUT2D eigenvalue weighted by Gasteiger charge is -2.27. The van der Waals surface area contributed by atoms with Gasteiger partial charge < -0.3 is 0 Å². The highest BCUT2D eigenvalue weighted by molar-refractivity contribution is 5.38. The SMILES string of the molecule is CCCCCc1ccc(C#CC=C[C@H]2CC[C@H](c3ccc(CCC)cc3)CC2)cc1. The molecule has 2 aromatic carbocycles. The lowest BCUT2D eigenvalue weighted by atomic mass is 9.78. The predicted molar refractivity (Wildman–Crippen MR) is 131 cm³/mol. The van der Waals surface area contributed by atoms with Gasteiger partial charge in [-0.1, -0.05) is 87.4 Å². The van der Waals surface area contributed by atoms with E-state index in [1.807, 2.05) is 0 Å². The molecule has 30 heavy (non-hydrogen) atoms. The van der Waals surface area contributed by atoms with Crippen molar-refractivity contribution in [3.8, 4) is 11.8 Å². The first kappa shape index (κ1) is 22.4. The van der Waals surface area contributed by atoms with Crippen LogP contribution < -0.4 is 0 Å². The van der Waals surface area contributed by atoms with E-state index in [9.17, 15) is 0 Å². The summed E-state index contributed by atoms with van der Waals surface area (Å²) in [6.07, 6.45) is 17.1. The van der Waals surface area contributed by atoms with Crippen LogP contribution in [0.15, 0.2) is 60.7 Å². The van der Waals surface area contributed by atoms with Gasteiger partial charge in [0.05, 0.1) is 0 Å². The highest BCUT2D eigenvalue weighted by Crippen LogP contribution is 2.36. The van der Waals surface area contributed by atoms with Crippen molar-refractivity contribution in [1.82, 2.24) is 0 Å². The van der Waals surface area contributed by atoms with Crippen LogP contribution >= 0.6 is 0 Å². The third-order valence-corrected chi connectivity index (χ3v) is 6.45. The Kier molecular flexibility index (Phi) is 9.30. The molecule has 0 amide bonds. The molecule has 0 aliphatic heterocycles. The second kappa shape index (κ2) is 12.4. The molecule has 0 aromatic heterocycles. The molecule has 1 aliphatic carbocycles. The van der Waals surface area contributed by atoms with Crippen molar-refractivity contribution in [2.75, 3.05) is 0 Å². The van der Waals surface area contributed by atoms with Gasteiger partial charge in [0.15, 0.2) is 0 Å². The minimum atomic E-state index is 0.691. The van der Waals surface area contributed by atoms with E-state index in [1.54, 1.807) is 0 Å². The van der Waals surface area contributed by atoms with Crippen LogP contribution in [0.5, 0.6) is 0 Å². The zero-order valence-electron chi connectivity index (χ0n) is 19.0. The number of rotatable bonds is 8. The Hall–Kier alpha value is -2.26. The van der Waals surface area contributed by atoms with Crippen LogP contribution in [0.3, 0.4) is 0 Å². The summed E-state index contributed by atoms with van der Waals surface area (Å²) in [5.41, 5.74) is 5.56. The van der Waals surface area contributed by atoms with Crippen molar-refractivity contribution in [3.63, 3.8) is 0 Å². The minimum absolute atomic E-state index is 0.691. The van der Waals surface area contributed by atoms with Gasteiger partial charge in [0.2, 0.25) is 0 Å². The standard InChI is InChI=1S/C30H38/c1-3-5-6-10-26-13-15-27(16-14-26)11-7-8-12-28-19-23-30(24-20-28)29-21-17-25(9-4-2)18-22-29/h8,12-18,21-22,28,30H,3-6,9-10,19-20,23-24H2,1-2H3/t28-,30-. The lowest BCUT2D eigenvalue weighted by molar-refractivity contribution is 0.376. The largest absolute Gasteiger partial charge is 0.0730 e. The molecule has 0 bridgehead atoms. The molecule has 158 valence electrons. The summed E-state index contributed by atoms with van der Waals surface area (Å²) in [5.74, 6) is 7.98. The van der Waals surface area contributed by atoms with Gasteiger partial charge in [-0.3, -0.25) is 0 Å². The first-order valence-electron chi connectivity index (χ1n) is 12.1. The predicted octanol–water partition coefficient (Wildman–Crippen LogP) is 8.25. The van der Waals surface area contributed by atoms with Crippen LogP contribution in [0, 0.1) is 17.8 Å². The number of allylic oxidation sites excluding steroid dienone is 2. The number of aryl methyl sites for hydroxylation is 2. The van der Waals surface area contributed by atoms with Gasteiger partial charge in [-0.2, -0.15) is 0 Å². The highest BCUT2D eigenvalue weighted by Gasteiger charge is 2.20. The second-order valence-corrected chi connectivity index (χ2v) is 8.89. The van der Waals surface area contributed by atoms with Gasteiger partial charge in [0, 0.05) is 5.56 Å². The van der Waals surface area contributed by atoms with Crippen molar-refractivity contribution >= 4 is 0 Å². The summed E-state index contributed by atoms with van der Waals surface area (Å²) in [7, 11) is 0. The van der Waals surface area contributed by atoms with E-state index in [0.717, 1.165) is 11.5 Å². The van der Waals surface area contributed by atoms with Crippen LogP contribution in [0.25, 0.3) is 0 Å². The zero-order valence-corrected chi connectivity index (χ0v) is 19.0. The van der Waals surface area contributed by atoms with Crippen LogP contribution in [-0.4, -0.2) is 0 Å². The van der Waals surface area contributed by atoms with Gasteiger partial charge in [-0.05, 0) is 91.7 Å². The van der Waals surface area contributed by atoms with Gasteiger partial charge in [0.1, 0.15) is 0 Å². The molecule has 0 unspecified atom stereocenters. The van der Waals surface area contributed by atoms with Gasteiger partial charge >= 0.3 is 0 Å². The smallest absolute Gasteiger partial charge is 0.0249 e. The maximum Gasteiger partial charge on any atom is 0.0249 e. The van der Waals surface area contributed by atoms with Gasteiger partial charge in [-0.15, -0.1) is 0 Å². The molecular weight excluding hydrogens is 360 g/mol. The summed E-state index contributed by atoms with van der Waals surface area (Å²) in [6, 6.07) is 18.2. The van der Waals surface area contributed by atoms with Gasteiger partial charge in [0.25, 0.3) is 0 Å². The fourth-order valence-corrected chi connectivity index (χ4v) is 4.53. The normalized spacial score (nSPS) is 18.9. The lowest BCUT2D eigenvalue weighted by Crippen LogP contribution is -2.11. The monoisotopic (exact) mass is 398 g/mol. The molecule has 1 aliphatic rings. The molecule has 0 saturated heterocycles. The maximum atomic E-state index is 3.29. The molecule has 0 heteroatoms. The molecule has 0 spiro atoms. The van der Waals surface area contributed by atoms with E-state index in [0.29, 0.717) is 5.92 Å². The summed E-state index contributed by atoms with van der Waals surface area (Å²) >= 11 is 0. The Balaban J connectivity index is 1.43. The quantitative estimate of drug-likeness (QED) is 0.310. The molecule has 3 rings (SSSR count). The van der Waals surface area contributed by atoms with Crippen LogP contribution in [0.2, 0.25) is 0 Å². The number of unbranched alkanes of at least 4 members (excludes halogenated alkanes) is 2. The minimum Gasteiger partial charge on any atom is -0.0730 e. The molecule has 0 radical (unpaired) electrons. The second-order valence-electron chi connectivity index (χ2n) is 8.89. The summed E-state index contributed by atoms with van der Waals surface area (Å²) in [5, 5.41) is 0. The van der Waals surface area contributed by atoms with Crippen LogP contribution in [0.1, 0.15) is 93.4 Å². The molecule has 0 nitrogen and oxygen atoms in total. The van der Waals surface area contributed by atoms with E-state index in [-0.39, 0.29) is 0 Å². The van der Waals surface area contributed by atoms with E-state index in [1.165, 1.54) is 80.9 Å². The zero-order chi connectivity index (χ0) is 21.0. The van der Waals surface area contributed by atoms with E-state index < -0.39 is 0 Å². The fourth-order valence-electron chi connectivity index (χ4n) is 4.53. The van der Waals surface area contributed by atoms with Crippen LogP contribution in [-0.2, 0) is 12.8 Å². The molecule has 0 N–H and O–H groups in total. The number of benzene rings is 2. The highest BCUT2D eigenvalue weighted by atomic mass is 14.3. The van der Waals surface area contributed by atoms with Gasteiger partial charge in [-0.25, -0.2) is 0 Å². The summed E-state index contributed by atoms with van der Waals surface area (Å²) in [4.78, 5) is 0. The summed E-state index contributed by atoms with van der Waals surface area (Å²) in [6.45, 7) is 4.50. The summed E-state index contributed by atoms with van der Waals surface area (Å²) < 4.78 is 0. The van der Waals surface area contributed by atoms with Crippen molar-refractivity contribution in [2.24, 2.45) is 5.92 Å². The van der Waals surface area contributed by atoms with Crippen LogP contribution in [0.4, 0.5) is 0 Å². The first-order valence-corrected chi connectivity index (χ1v) is 12.1. The average molecular weight is 399 g/mol. The molecule has 1 saturated carbocycles. The Morgan fingerprint density at radius 2 is 1.43 bits per heavy atom. The fraction of sp³-hybridized carbons (Fsp3) is 0.467. The Morgan fingerprint density at radius 3 is 2.10 bits per heavy atom. The van der Waals surface area contributed by atoms with Crippen molar-refractivity contribution < 1.29 is 0 Å². The third-order valence-electron chi connectivity index (χ3n) is 6.45. The Labute approximate surface area is 184 Å². The third kappa shape index (κ3) is 7.21. The molecule has 0 heterocycles. The number of hydrogen-bond donors (Lipinski definition) is 0. The molecular formula is C30H38. The van der Waals surface area contributed by atoms with E-state index in [2.05, 4.69) is 86.4 Å². The van der Waals surface area contributed by atoms with Crippen molar-refractivity contribution in [2.45, 2.75) is 84.0 Å². The first-order chi connectivity index (χ1) is 14.8. The topological polar surface area (TPSA) is 0 Å². The maximum absolute atomic E-state index is 3.29. The molecule has 0 atom stereocenters. The number of hydrogen-bond acceptors (Lipinski definition) is 0. The van der Waals surface area contributed by atoms with E-state index in [4.69, 9.17) is 0 Å². The Bertz CT molecular complexity index is 818. The van der Waals surface area contributed by atoms with E-state index >= 15 is 0 Å². The van der Waals surface area contributed by atoms with Crippen molar-refractivity contribution in [1.29, 1.82) is 0 Å². The molecule has 1 fully saturated rings. The Morgan fingerprint density at radius 1 is 0.767 bits per heavy atom. The van der Waals surface area contributed by atoms with Crippen molar-refractivity contribution in [3.05, 3.63) is 82.9 Å². The molecule has 2 aromatic rings. The average Bonchev–Trinajstić information content (AvgIpc) is 2.79.